The second-order valence-electron chi connectivity index (χ2n) is 9.76. The molecule has 0 aliphatic carbocycles. The lowest BCUT2D eigenvalue weighted by Gasteiger charge is -2.32. The Balaban J connectivity index is 1.05. The standard InChI is InChI=1S/C30H28N6O2S/c37-28-27(39-30(38)35-28)15-23-9-12-33-29(34-23)36-13-10-20(11-14-36)16-31-17-21-5-1-3-7-24(21)26-19-32-18-22-6-2-4-8-25(22)26/h1-9,12,15,18-20,31H,10-11,13-14,16-17H2,(H,35,37,38)/b27-15-. The lowest BCUT2D eigenvalue weighted by Crippen LogP contribution is -2.38. The topological polar surface area (TPSA) is 100 Å². The van der Waals surface area contributed by atoms with Gasteiger partial charge in [0.1, 0.15) is 0 Å². The van der Waals surface area contributed by atoms with E-state index < -0.39 is 0 Å². The number of benzene rings is 2. The summed E-state index contributed by atoms with van der Waals surface area (Å²) in [5.41, 5.74) is 4.27. The number of anilines is 1. The van der Waals surface area contributed by atoms with Crippen molar-refractivity contribution in [2.45, 2.75) is 19.4 Å². The lowest BCUT2D eigenvalue weighted by atomic mass is 9.95. The first kappa shape index (κ1) is 25.2. The lowest BCUT2D eigenvalue weighted by molar-refractivity contribution is -0.115. The van der Waals surface area contributed by atoms with E-state index in [2.05, 4.69) is 72.9 Å². The Labute approximate surface area is 231 Å². The van der Waals surface area contributed by atoms with E-state index >= 15 is 0 Å². The minimum absolute atomic E-state index is 0.354. The quantitative estimate of drug-likeness (QED) is 0.318. The first-order valence-electron chi connectivity index (χ1n) is 13.1. The molecule has 0 unspecified atom stereocenters. The molecule has 2 fully saturated rings. The van der Waals surface area contributed by atoms with E-state index in [1.165, 1.54) is 16.5 Å². The van der Waals surface area contributed by atoms with Crippen molar-refractivity contribution in [3.05, 3.63) is 89.4 Å². The van der Waals surface area contributed by atoms with Gasteiger partial charge in [-0.05, 0) is 65.7 Å². The average molecular weight is 537 g/mol. The molecule has 2 aromatic heterocycles. The third-order valence-electron chi connectivity index (χ3n) is 7.21. The van der Waals surface area contributed by atoms with Gasteiger partial charge >= 0.3 is 0 Å². The Hall–Kier alpha value is -4.08. The number of piperidine rings is 1. The summed E-state index contributed by atoms with van der Waals surface area (Å²) in [4.78, 5) is 39.4. The zero-order valence-electron chi connectivity index (χ0n) is 21.3. The number of rotatable bonds is 7. The Bertz CT molecular complexity index is 1560. The van der Waals surface area contributed by atoms with Crippen molar-refractivity contribution in [2.75, 3.05) is 24.5 Å². The van der Waals surface area contributed by atoms with Crippen LogP contribution in [0.5, 0.6) is 0 Å². The van der Waals surface area contributed by atoms with Gasteiger partial charge in [0.15, 0.2) is 0 Å². The number of imide groups is 1. The summed E-state index contributed by atoms with van der Waals surface area (Å²) in [6.07, 6.45) is 9.31. The number of nitrogens with zero attached hydrogens (tertiary/aromatic N) is 4. The van der Waals surface area contributed by atoms with Crippen LogP contribution >= 0.6 is 11.8 Å². The van der Waals surface area contributed by atoms with Crippen LogP contribution in [0.15, 0.2) is 78.1 Å². The van der Waals surface area contributed by atoms with Crippen LogP contribution < -0.4 is 15.5 Å². The maximum absolute atomic E-state index is 11.8. The summed E-state index contributed by atoms with van der Waals surface area (Å²) < 4.78 is 0. The Morgan fingerprint density at radius 2 is 1.82 bits per heavy atom. The Morgan fingerprint density at radius 1 is 1.00 bits per heavy atom. The molecule has 2 aromatic carbocycles. The van der Waals surface area contributed by atoms with Crippen LogP contribution in [0.2, 0.25) is 0 Å². The predicted molar refractivity (Wildman–Crippen MR) is 155 cm³/mol. The maximum Gasteiger partial charge on any atom is 0.290 e. The van der Waals surface area contributed by atoms with Crippen molar-refractivity contribution in [2.24, 2.45) is 5.92 Å². The molecule has 4 heterocycles. The van der Waals surface area contributed by atoms with E-state index in [9.17, 15) is 9.59 Å². The molecule has 9 heteroatoms. The molecule has 6 rings (SSSR count). The van der Waals surface area contributed by atoms with Crippen molar-refractivity contribution >= 4 is 45.7 Å². The maximum atomic E-state index is 11.8. The number of carbonyl (C=O) groups is 2. The fourth-order valence-corrected chi connectivity index (χ4v) is 5.83. The molecule has 2 N–H and O–H groups in total. The third-order valence-corrected chi connectivity index (χ3v) is 8.02. The predicted octanol–water partition coefficient (Wildman–Crippen LogP) is 5.02. The van der Waals surface area contributed by atoms with Gasteiger partial charge in [0.05, 0.1) is 10.6 Å². The van der Waals surface area contributed by atoms with Crippen molar-refractivity contribution in [3.63, 3.8) is 0 Å². The van der Waals surface area contributed by atoms with Gasteiger partial charge in [-0.1, -0.05) is 48.5 Å². The number of amides is 2. The normalized spacial score (nSPS) is 17.2. The van der Waals surface area contributed by atoms with Crippen molar-refractivity contribution < 1.29 is 9.59 Å². The van der Waals surface area contributed by atoms with Crippen molar-refractivity contribution in [3.8, 4) is 11.1 Å². The number of aromatic nitrogens is 3. The molecule has 0 bridgehead atoms. The number of carbonyl (C=O) groups excluding carboxylic acids is 2. The molecule has 2 aliphatic rings. The van der Waals surface area contributed by atoms with Crippen molar-refractivity contribution in [1.82, 2.24) is 25.6 Å². The van der Waals surface area contributed by atoms with Crippen LogP contribution in [0.25, 0.3) is 28.0 Å². The molecule has 8 nitrogen and oxygen atoms in total. The molecule has 0 radical (unpaired) electrons. The van der Waals surface area contributed by atoms with Crippen LogP contribution in [-0.2, 0) is 11.3 Å². The Kier molecular flexibility index (Phi) is 7.33. The van der Waals surface area contributed by atoms with Crippen LogP contribution in [0, 0.1) is 5.92 Å². The smallest absolute Gasteiger partial charge is 0.290 e. The molecule has 196 valence electrons. The fourth-order valence-electron chi connectivity index (χ4n) is 5.17. The molecule has 0 saturated carbocycles. The SMILES string of the molecule is O=C1NC(=O)/C(=C/c2ccnc(N3CCC(CNCc4ccccc4-c4cncc5ccccc45)CC3)n2)S1. The highest BCUT2D eigenvalue weighted by atomic mass is 32.2. The zero-order chi connectivity index (χ0) is 26.6. The first-order valence-corrected chi connectivity index (χ1v) is 13.9. The number of hydrogen-bond acceptors (Lipinski definition) is 8. The van der Waals surface area contributed by atoms with Gasteiger partial charge in [-0.15, -0.1) is 0 Å². The van der Waals surface area contributed by atoms with Gasteiger partial charge in [0.25, 0.3) is 11.1 Å². The summed E-state index contributed by atoms with van der Waals surface area (Å²) in [6, 6.07) is 18.7. The van der Waals surface area contributed by atoms with Gasteiger partial charge in [-0.25, -0.2) is 9.97 Å². The summed E-state index contributed by atoms with van der Waals surface area (Å²) in [5, 5.41) is 7.97. The van der Waals surface area contributed by atoms with E-state index in [-0.39, 0.29) is 11.1 Å². The fraction of sp³-hybridized carbons (Fsp3) is 0.233. The number of hydrogen-bond donors (Lipinski definition) is 2. The highest BCUT2D eigenvalue weighted by molar-refractivity contribution is 8.18. The number of nitrogens with one attached hydrogen (secondary N) is 2. The monoisotopic (exact) mass is 536 g/mol. The second kappa shape index (κ2) is 11.3. The van der Waals surface area contributed by atoms with Crippen LogP contribution in [0.3, 0.4) is 0 Å². The van der Waals surface area contributed by atoms with Crippen LogP contribution in [0.1, 0.15) is 24.1 Å². The zero-order valence-corrected chi connectivity index (χ0v) is 22.2. The van der Waals surface area contributed by atoms with Gasteiger partial charge in [-0.3, -0.25) is 19.9 Å². The van der Waals surface area contributed by atoms with E-state index in [1.807, 2.05) is 18.5 Å². The molecular weight excluding hydrogens is 508 g/mol. The summed E-state index contributed by atoms with van der Waals surface area (Å²) in [5.74, 6) is 0.848. The molecule has 2 aliphatic heterocycles. The van der Waals surface area contributed by atoms with E-state index in [4.69, 9.17) is 0 Å². The van der Waals surface area contributed by atoms with Gasteiger partial charge in [-0.2, -0.15) is 0 Å². The third kappa shape index (κ3) is 5.69. The van der Waals surface area contributed by atoms with Crippen molar-refractivity contribution in [1.29, 1.82) is 0 Å². The minimum Gasteiger partial charge on any atom is -0.341 e. The highest BCUT2D eigenvalue weighted by Crippen LogP contribution is 2.30. The number of pyridine rings is 1. The van der Waals surface area contributed by atoms with E-state index in [1.54, 1.807) is 18.3 Å². The summed E-state index contributed by atoms with van der Waals surface area (Å²) in [6.45, 7) is 3.49. The molecule has 0 atom stereocenters. The largest absolute Gasteiger partial charge is 0.341 e. The van der Waals surface area contributed by atoms with Crippen LogP contribution in [0.4, 0.5) is 10.7 Å². The molecule has 39 heavy (non-hydrogen) atoms. The minimum atomic E-state index is -0.380. The second-order valence-corrected chi connectivity index (χ2v) is 10.8. The molecule has 2 amide bonds. The van der Waals surface area contributed by atoms with Gasteiger partial charge < -0.3 is 10.2 Å². The first-order chi connectivity index (χ1) is 19.1. The molecular formula is C30H28N6O2S. The summed E-state index contributed by atoms with van der Waals surface area (Å²) >= 11 is 0.893. The highest BCUT2D eigenvalue weighted by Gasteiger charge is 2.26. The average Bonchev–Trinajstić information content (AvgIpc) is 3.29. The number of thioether (sulfide) groups is 1. The summed E-state index contributed by atoms with van der Waals surface area (Å²) in [7, 11) is 0. The Morgan fingerprint density at radius 3 is 2.67 bits per heavy atom. The molecule has 4 aromatic rings. The number of fused-ring (bicyclic) bond motifs is 1. The van der Waals surface area contributed by atoms with Crippen LogP contribution in [-0.4, -0.2) is 45.7 Å². The molecule has 2 saturated heterocycles. The van der Waals surface area contributed by atoms with E-state index in [0.29, 0.717) is 22.5 Å². The molecule has 0 spiro atoms. The van der Waals surface area contributed by atoms with Gasteiger partial charge in [0, 0.05) is 49.2 Å². The van der Waals surface area contributed by atoms with Gasteiger partial charge in [0.2, 0.25) is 5.95 Å². The van der Waals surface area contributed by atoms with E-state index in [0.717, 1.165) is 61.7 Å².